The fourth-order valence-corrected chi connectivity index (χ4v) is 0.681. The van der Waals surface area contributed by atoms with E-state index in [0.717, 1.165) is 4.68 Å². The third-order valence-corrected chi connectivity index (χ3v) is 1.33. The zero-order chi connectivity index (χ0) is 9.84. The van der Waals surface area contributed by atoms with Gasteiger partial charge in [0.25, 0.3) is 5.82 Å². The first kappa shape index (κ1) is 9.06. The molecule has 0 radical (unpaired) electrons. The van der Waals surface area contributed by atoms with Crippen molar-refractivity contribution in [3.8, 4) is 6.07 Å². The Hall–Kier alpha value is -2.03. The van der Waals surface area contributed by atoms with Crippen LogP contribution in [-0.2, 0) is 16.1 Å². The van der Waals surface area contributed by atoms with E-state index in [4.69, 9.17) is 5.26 Å². The number of nitriles is 1. The number of rotatable bonds is 3. The standard InChI is InChI=1S/C7H6N4O2/c1-5(12)6(13)3-11-4-9-7(2-8)10-11/h4H,3H2,1H3. The molecule has 13 heavy (non-hydrogen) atoms. The maximum atomic E-state index is 10.9. The van der Waals surface area contributed by atoms with E-state index in [1.54, 1.807) is 6.07 Å². The number of Topliss-reactive ketones (excluding diaryl/α,β-unsaturated/α-hetero) is 2. The van der Waals surface area contributed by atoms with Crippen molar-refractivity contribution >= 4 is 11.6 Å². The summed E-state index contributed by atoms with van der Waals surface area (Å²) in [6, 6.07) is 1.71. The lowest BCUT2D eigenvalue weighted by atomic mass is 10.3. The SMILES string of the molecule is CC(=O)C(=O)Cn1cnc(C#N)n1. The highest BCUT2D eigenvalue weighted by atomic mass is 16.2. The van der Waals surface area contributed by atoms with Gasteiger partial charge in [-0.2, -0.15) is 5.26 Å². The van der Waals surface area contributed by atoms with E-state index in [1.165, 1.54) is 13.3 Å². The average Bonchev–Trinajstić information content (AvgIpc) is 2.52. The zero-order valence-electron chi connectivity index (χ0n) is 6.89. The summed E-state index contributed by atoms with van der Waals surface area (Å²) in [6.07, 6.45) is 1.24. The number of nitrogens with zero attached hydrogens (tertiary/aromatic N) is 4. The van der Waals surface area contributed by atoms with E-state index >= 15 is 0 Å². The van der Waals surface area contributed by atoms with E-state index < -0.39 is 11.6 Å². The first-order chi connectivity index (χ1) is 6.13. The molecule has 66 valence electrons. The highest BCUT2D eigenvalue weighted by molar-refractivity contribution is 6.36. The Bertz CT molecular complexity index is 387. The molecule has 6 nitrogen and oxygen atoms in total. The molecular weight excluding hydrogens is 172 g/mol. The molecule has 1 aromatic rings. The lowest BCUT2D eigenvalue weighted by Crippen LogP contribution is -2.17. The summed E-state index contributed by atoms with van der Waals surface area (Å²) in [7, 11) is 0. The third-order valence-electron chi connectivity index (χ3n) is 1.33. The molecule has 0 aliphatic carbocycles. The van der Waals surface area contributed by atoms with Crippen LogP contribution in [0.15, 0.2) is 6.33 Å². The number of hydrogen-bond acceptors (Lipinski definition) is 5. The lowest BCUT2D eigenvalue weighted by Gasteiger charge is -1.94. The van der Waals surface area contributed by atoms with Crippen LogP contribution in [-0.4, -0.2) is 26.3 Å². The van der Waals surface area contributed by atoms with Crippen molar-refractivity contribution in [3.63, 3.8) is 0 Å². The largest absolute Gasteiger partial charge is 0.291 e. The summed E-state index contributed by atoms with van der Waals surface area (Å²) in [5.74, 6) is -1.11. The molecule has 0 amide bonds. The van der Waals surface area contributed by atoms with Gasteiger partial charge in [0.2, 0.25) is 5.78 Å². The minimum Gasteiger partial charge on any atom is -0.291 e. The quantitative estimate of drug-likeness (QED) is 0.571. The molecule has 0 spiro atoms. The van der Waals surface area contributed by atoms with Gasteiger partial charge >= 0.3 is 0 Å². The Morgan fingerprint density at radius 1 is 1.69 bits per heavy atom. The second-order valence-electron chi connectivity index (χ2n) is 2.36. The summed E-state index contributed by atoms with van der Waals surface area (Å²) in [6.45, 7) is 1.02. The van der Waals surface area contributed by atoms with Crippen molar-refractivity contribution in [3.05, 3.63) is 12.2 Å². The Morgan fingerprint density at radius 3 is 2.85 bits per heavy atom. The van der Waals surface area contributed by atoms with Gasteiger partial charge in [-0.1, -0.05) is 0 Å². The number of hydrogen-bond donors (Lipinski definition) is 0. The topological polar surface area (TPSA) is 88.6 Å². The van der Waals surface area contributed by atoms with Crippen LogP contribution < -0.4 is 0 Å². The molecule has 0 unspecified atom stereocenters. The molecular formula is C7H6N4O2. The Morgan fingerprint density at radius 2 is 2.38 bits per heavy atom. The van der Waals surface area contributed by atoms with Gasteiger partial charge in [0.1, 0.15) is 18.9 Å². The molecule has 0 aliphatic heterocycles. The number of carbonyl (C=O) groups excluding carboxylic acids is 2. The Kier molecular flexibility index (Phi) is 2.50. The smallest absolute Gasteiger partial charge is 0.252 e. The first-order valence-corrected chi connectivity index (χ1v) is 3.47. The molecule has 0 fully saturated rings. The fraction of sp³-hybridized carbons (Fsp3) is 0.286. The summed E-state index contributed by atoms with van der Waals surface area (Å²) < 4.78 is 1.16. The van der Waals surface area contributed by atoms with Crippen LogP contribution in [0.3, 0.4) is 0 Å². The van der Waals surface area contributed by atoms with Gasteiger partial charge in [0.05, 0.1) is 0 Å². The van der Waals surface area contributed by atoms with Crippen LogP contribution in [0.1, 0.15) is 12.7 Å². The Labute approximate surface area is 73.8 Å². The maximum absolute atomic E-state index is 10.9. The summed E-state index contributed by atoms with van der Waals surface area (Å²) in [4.78, 5) is 25.0. The van der Waals surface area contributed by atoms with Crippen LogP contribution in [0.5, 0.6) is 0 Å². The minimum absolute atomic E-state index is 0.0173. The van der Waals surface area contributed by atoms with Crippen LogP contribution in [0.2, 0.25) is 0 Å². The van der Waals surface area contributed by atoms with Gasteiger partial charge in [-0.3, -0.25) is 9.59 Å². The van der Waals surface area contributed by atoms with Gasteiger partial charge in [-0.05, 0) is 0 Å². The maximum Gasteiger partial charge on any atom is 0.252 e. The van der Waals surface area contributed by atoms with Gasteiger partial charge in [-0.25, -0.2) is 9.67 Å². The van der Waals surface area contributed by atoms with Crippen molar-refractivity contribution in [1.82, 2.24) is 14.8 Å². The van der Waals surface area contributed by atoms with Crippen molar-refractivity contribution in [2.75, 3.05) is 0 Å². The summed E-state index contributed by atoms with van der Waals surface area (Å²) in [5, 5.41) is 12.0. The van der Waals surface area contributed by atoms with Crippen molar-refractivity contribution in [1.29, 1.82) is 5.26 Å². The number of aromatic nitrogens is 3. The van der Waals surface area contributed by atoms with Crippen molar-refractivity contribution in [2.24, 2.45) is 0 Å². The minimum atomic E-state index is -0.561. The molecule has 0 aliphatic rings. The van der Waals surface area contributed by atoms with Crippen LogP contribution in [0.25, 0.3) is 0 Å². The van der Waals surface area contributed by atoms with Gasteiger partial charge in [0.15, 0.2) is 5.78 Å². The molecule has 0 N–H and O–H groups in total. The van der Waals surface area contributed by atoms with Crippen LogP contribution in [0, 0.1) is 11.3 Å². The molecule has 0 aromatic carbocycles. The monoisotopic (exact) mass is 178 g/mol. The molecule has 0 saturated carbocycles. The van der Waals surface area contributed by atoms with E-state index in [9.17, 15) is 9.59 Å². The van der Waals surface area contributed by atoms with E-state index in [1.807, 2.05) is 0 Å². The highest BCUT2D eigenvalue weighted by Gasteiger charge is 2.09. The van der Waals surface area contributed by atoms with Crippen LogP contribution >= 0.6 is 0 Å². The molecule has 0 atom stereocenters. The summed E-state index contributed by atoms with van der Waals surface area (Å²) in [5.41, 5.74) is 0. The number of carbonyl (C=O) groups is 2. The fourth-order valence-electron chi connectivity index (χ4n) is 0.681. The lowest BCUT2D eigenvalue weighted by molar-refractivity contribution is -0.135. The normalized spacial score (nSPS) is 9.23. The molecule has 0 saturated heterocycles. The molecule has 1 heterocycles. The highest BCUT2D eigenvalue weighted by Crippen LogP contribution is 1.88. The molecule has 0 bridgehead atoms. The van der Waals surface area contributed by atoms with Crippen molar-refractivity contribution < 1.29 is 9.59 Å². The predicted octanol–water partition coefficient (Wildman–Crippen LogP) is -0.692. The van der Waals surface area contributed by atoms with E-state index in [2.05, 4.69) is 10.1 Å². The van der Waals surface area contributed by atoms with Crippen LogP contribution in [0.4, 0.5) is 0 Å². The van der Waals surface area contributed by atoms with Gasteiger partial charge in [0, 0.05) is 6.92 Å². The third kappa shape index (κ3) is 2.20. The predicted molar refractivity (Wildman–Crippen MR) is 40.4 cm³/mol. The summed E-state index contributed by atoms with van der Waals surface area (Å²) >= 11 is 0. The zero-order valence-corrected chi connectivity index (χ0v) is 6.89. The first-order valence-electron chi connectivity index (χ1n) is 3.47. The molecule has 1 aromatic heterocycles. The average molecular weight is 178 g/mol. The van der Waals surface area contributed by atoms with Crippen molar-refractivity contribution in [2.45, 2.75) is 13.5 Å². The second-order valence-corrected chi connectivity index (χ2v) is 2.36. The van der Waals surface area contributed by atoms with E-state index in [0.29, 0.717) is 0 Å². The van der Waals surface area contributed by atoms with E-state index in [-0.39, 0.29) is 12.4 Å². The number of ketones is 2. The van der Waals surface area contributed by atoms with Gasteiger partial charge in [-0.15, -0.1) is 5.10 Å². The van der Waals surface area contributed by atoms with Gasteiger partial charge < -0.3 is 0 Å². The molecule has 6 heteroatoms. The second kappa shape index (κ2) is 3.58. The Balaban J connectivity index is 2.71. The molecule has 1 rings (SSSR count).